The van der Waals surface area contributed by atoms with E-state index in [1.807, 2.05) is 0 Å². The monoisotopic (exact) mass is 255 g/mol. The number of anilines is 1. The number of rotatable bonds is 5. The normalized spacial score (nSPS) is 20.8. The van der Waals surface area contributed by atoms with Crippen LogP contribution in [0.3, 0.4) is 0 Å². The Kier molecular flexibility index (Phi) is 4.74. The van der Waals surface area contributed by atoms with Crippen LogP contribution in [-0.2, 0) is 6.42 Å². The van der Waals surface area contributed by atoms with Crippen LogP contribution in [0.5, 0.6) is 0 Å². The van der Waals surface area contributed by atoms with Crippen molar-refractivity contribution in [3.8, 4) is 0 Å². The molecule has 0 spiro atoms. The van der Waals surface area contributed by atoms with Crippen LogP contribution in [0, 0.1) is 0 Å². The van der Waals surface area contributed by atoms with Gasteiger partial charge in [-0.25, -0.2) is 4.98 Å². The van der Waals surface area contributed by atoms with Gasteiger partial charge in [-0.05, 0) is 32.1 Å². The SMILES string of the molecule is CCCc1nsc(N2CCCCC2CCO)n1. The van der Waals surface area contributed by atoms with Crippen molar-refractivity contribution in [1.29, 1.82) is 0 Å². The van der Waals surface area contributed by atoms with E-state index < -0.39 is 0 Å². The standard InChI is InChI=1S/C12H21N3OS/c1-2-5-11-13-12(17-14-11)15-8-4-3-6-10(15)7-9-16/h10,16H,2-9H2,1H3. The van der Waals surface area contributed by atoms with Crippen LogP contribution in [0.4, 0.5) is 5.13 Å². The van der Waals surface area contributed by atoms with E-state index >= 15 is 0 Å². The van der Waals surface area contributed by atoms with E-state index in [-0.39, 0.29) is 6.61 Å². The summed E-state index contributed by atoms with van der Waals surface area (Å²) in [7, 11) is 0. The maximum absolute atomic E-state index is 9.11. The molecule has 1 aromatic heterocycles. The van der Waals surface area contributed by atoms with E-state index in [1.54, 1.807) is 0 Å². The molecule has 0 bridgehead atoms. The van der Waals surface area contributed by atoms with Crippen LogP contribution in [0.2, 0.25) is 0 Å². The van der Waals surface area contributed by atoms with Gasteiger partial charge in [-0.1, -0.05) is 6.92 Å². The Balaban J connectivity index is 2.06. The van der Waals surface area contributed by atoms with Gasteiger partial charge in [-0.2, -0.15) is 4.37 Å². The fourth-order valence-corrected chi connectivity index (χ4v) is 3.20. The Morgan fingerprint density at radius 2 is 2.35 bits per heavy atom. The molecule has 0 amide bonds. The summed E-state index contributed by atoms with van der Waals surface area (Å²) in [6.07, 6.45) is 6.57. The molecule has 2 rings (SSSR count). The van der Waals surface area contributed by atoms with E-state index in [4.69, 9.17) is 5.11 Å². The van der Waals surface area contributed by atoms with Gasteiger partial charge in [-0.15, -0.1) is 0 Å². The average molecular weight is 255 g/mol. The number of aromatic nitrogens is 2. The van der Waals surface area contributed by atoms with Crippen LogP contribution < -0.4 is 4.90 Å². The number of aliphatic hydroxyl groups excluding tert-OH is 1. The smallest absolute Gasteiger partial charge is 0.205 e. The summed E-state index contributed by atoms with van der Waals surface area (Å²) in [6, 6.07) is 0.455. The van der Waals surface area contributed by atoms with E-state index in [0.29, 0.717) is 6.04 Å². The average Bonchev–Trinajstić information content (AvgIpc) is 2.79. The van der Waals surface area contributed by atoms with Crippen molar-refractivity contribution in [3.05, 3.63) is 5.82 Å². The van der Waals surface area contributed by atoms with E-state index in [1.165, 1.54) is 30.8 Å². The van der Waals surface area contributed by atoms with Gasteiger partial charge in [0.05, 0.1) is 0 Å². The van der Waals surface area contributed by atoms with Gasteiger partial charge >= 0.3 is 0 Å². The quantitative estimate of drug-likeness (QED) is 0.876. The maximum Gasteiger partial charge on any atom is 0.205 e. The fourth-order valence-electron chi connectivity index (χ4n) is 2.39. The third-order valence-electron chi connectivity index (χ3n) is 3.27. The van der Waals surface area contributed by atoms with Gasteiger partial charge in [0, 0.05) is 37.1 Å². The van der Waals surface area contributed by atoms with E-state index in [0.717, 1.165) is 36.8 Å². The first-order chi connectivity index (χ1) is 8.35. The molecule has 1 aliphatic rings. The van der Waals surface area contributed by atoms with Crippen molar-refractivity contribution in [2.45, 2.75) is 51.5 Å². The zero-order chi connectivity index (χ0) is 12.1. The highest BCUT2D eigenvalue weighted by molar-refractivity contribution is 7.09. The summed E-state index contributed by atoms with van der Waals surface area (Å²) in [5.74, 6) is 0.973. The van der Waals surface area contributed by atoms with Gasteiger partial charge in [0.25, 0.3) is 0 Å². The van der Waals surface area contributed by atoms with Gasteiger partial charge < -0.3 is 10.0 Å². The van der Waals surface area contributed by atoms with Gasteiger partial charge in [0.2, 0.25) is 5.13 Å². The number of hydrogen-bond acceptors (Lipinski definition) is 5. The molecule has 4 nitrogen and oxygen atoms in total. The van der Waals surface area contributed by atoms with Crippen LogP contribution >= 0.6 is 11.5 Å². The summed E-state index contributed by atoms with van der Waals surface area (Å²) in [5.41, 5.74) is 0. The minimum Gasteiger partial charge on any atom is -0.396 e. The maximum atomic E-state index is 9.11. The lowest BCUT2D eigenvalue weighted by Crippen LogP contribution is -2.40. The Hall–Kier alpha value is -0.680. The fraction of sp³-hybridized carbons (Fsp3) is 0.833. The number of aliphatic hydroxyl groups is 1. The Morgan fingerprint density at radius 3 is 3.12 bits per heavy atom. The van der Waals surface area contributed by atoms with Gasteiger partial charge in [0.15, 0.2) is 0 Å². The summed E-state index contributed by atoms with van der Waals surface area (Å²) in [6.45, 7) is 3.48. The first-order valence-corrected chi connectivity index (χ1v) is 7.32. The van der Waals surface area contributed by atoms with Crippen molar-refractivity contribution >= 4 is 16.7 Å². The molecule has 1 unspecified atom stereocenters. The summed E-state index contributed by atoms with van der Waals surface area (Å²) >= 11 is 1.51. The molecule has 2 heterocycles. The molecule has 1 aromatic rings. The highest BCUT2D eigenvalue weighted by Gasteiger charge is 2.24. The van der Waals surface area contributed by atoms with Crippen LogP contribution in [0.1, 0.15) is 44.9 Å². The number of piperidine rings is 1. The first kappa shape index (κ1) is 12.8. The third kappa shape index (κ3) is 3.16. The Bertz CT molecular complexity index is 340. The van der Waals surface area contributed by atoms with Crippen LogP contribution in [0.15, 0.2) is 0 Å². The molecule has 0 saturated carbocycles. The second-order valence-corrected chi connectivity index (χ2v) is 5.33. The van der Waals surface area contributed by atoms with Crippen LogP contribution in [0.25, 0.3) is 0 Å². The summed E-state index contributed by atoms with van der Waals surface area (Å²) < 4.78 is 4.40. The lowest BCUT2D eigenvalue weighted by Gasteiger charge is -2.34. The van der Waals surface area contributed by atoms with E-state index in [2.05, 4.69) is 21.2 Å². The van der Waals surface area contributed by atoms with Crippen molar-refractivity contribution in [1.82, 2.24) is 9.36 Å². The number of nitrogens with zero attached hydrogens (tertiary/aromatic N) is 3. The molecule has 5 heteroatoms. The van der Waals surface area contributed by atoms with Crippen molar-refractivity contribution in [3.63, 3.8) is 0 Å². The molecular weight excluding hydrogens is 234 g/mol. The minimum atomic E-state index is 0.266. The highest BCUT2D eigenvalue weighted by atomic mass is 32.1. The lowest BCUT2D eigenvalue weighted by molar-refractivity contribution is 0.262. The van der Waals surface area contributed by atoms with Gasteiger partial charge in [-0.3, -0.25) is 0 Å². The zero-order valence-corrected chi connectivity index (χ0v) is 11.2. The molecule has 1 atom stereocenters. The van der Waals surface area contributed by atoms with Crippen LogP contribution in [-0.4, -0.2) is 33.7 Å². The zero-order valence-electron chi connectivity index (χ0n) is 10.4. The Morgan fingerprint density at radius 1 is 1.47 bits per heavy atom. The molecule has 0 aliphatic carbocycles. The van der Waals surface area contributed by atoms with Crippen molar-refractivity contribution < 1.29 is 5.11 Å². The topological polar surface area (TPSA) is 49.2 Å². The van der Waals surface area contributed by atoms with Gasteiger partial charge in [0.1, 0.15) is 5.82 Å². The van der Waals surface area contributed by atoms with Crippen molar-refractivity contribution in [2.75, 3.05) is 18.1 Å². The highest BCUT2D eigenvalue weighted by Crippen LogP contribution is 2.27. The Labute approximate surface area is 107 Å². The van der Waals surface area contributed by atoms with E-state index in [9.17, 15) is 0 Å². The minimum absolute atomic E-state index is 0.266. The number of hydrogen-bond donors (Lipinski definition) is 1. The first-order valence-electron chi connectivity index (χ1n) is 6.55. The number of aryl methyl sites for hydroxylation is 1. The second kappa shape index (κ2) is 6.31. The predicted octanol–water partition coefficient (Wildman–Crippen LogP) is 2.23. The largest absolute Gasteiger partial charge is 0.396 e. The molecule has 0 aromatic carbocycles. The molecule has 0 radical (unpaired) electrons. The predicted molar refractivity (Wildman–Crippen MR) is 70.6 cm³/mol. The molecule has 1 saturated heterocycles. The molecule has 17 heavy (non-hydrogen) atoms. The van der Waals surface area contributed by atoms with Crippen molar-refractivity contribution in [2.24, 2.45) is 0 Å². The summed E-state index contributed by atoms with van der Waals surface area (Å²) in [4.78, 5) is 6.95. The molecular formula is C12H21N3OS. The molecule has 1 aliphatic heterocycles. The molecule has 1 fully saturated rings. The summed E-state index contributed by atoms with van der Waals surface area (Å²) in [5, 5.41) is 10.2. The third-order valence-corrected chi connectivity index (χ3v) is 4.06. The molecule has 1 N–H and O–H groups in total. The lowest BCUT2D eigenvalue weighted by atomic mass is 10.0. The molecule has 96 valence electrons. The second-order valence-electron chi connectivity index (χ2n) is 4.60.